The second-order valence-corrected chi connectivity index (χ2v) is 4.57. The summed E-state index contributed by atoms with van der Waals surface area (Å²) in [6, 6.07) is 3.00. The highest BCUT2D eigenvalue weighted by molar-refractivity contribution is 5.93. The van der Waals surface area contributed by atoms with E-state index in [-0.39, 0.29) is 12.2 Å². The van der Waals surface area contributed by atoms with Crippen molar-refractivity contribution in [1.82, 2.24) is 15.1 Å². The number of rotatable bonds is 6. The molecule has 0 bridgehead atoms. The number of amides is 1. The smallest absolute Gasteiger partial charge is 0.324 e. The fourth-order valence-corrected chi connectivity index (χ4v) is 1.75. The molecule has 1 heterocycles. The van der Waals surface area contributed by atoms with Gasteiger partial charge in [0.2, 0.25) is 0 Å². The molecule has 1 aromatic rings. The molecule has 19 heavy (non-hydrogen) atoms. The van der Waals surface area contributed by atoms with E-state index >= 15 is 0 Å². The van der Waals surface area contributed by atoms with Crippen LogP contribution in [0.3, 0.4) is 0 Å². The maximum absolute atomic E-state index is 12.0. The second-order valence-electron chi connectivity index (χ2n) is 4.57. The van der Waals surface area contributed by atoms with Gasteiger partial charge in [0.05, 0.1) is 18.0 Å². The number of nitriles is 1. The molecular formula is C13H18N4O2. The van der Waals surface area contributed by atoms with E-state index in [1.54, 1.807) is 13.0 Å². The molecular weight excluding hydrogens is 244 g/mol. The molecule has 1 rings (SSSR count). The Morgan fingerprint density at radius 2 is 2.26 bits per heavy atom. The molecule has 0 aliphatic carbocycles. The van der Waals surface area contributed by atoms with E-state index in [4.69, 9.17) is 5.26 Å². The molecule has 0 aromatic carbocycles. The maximum atomic E-state index is 12.0. The van der Waals surface area contributed by atoms with Crippen molar-refractivity contribution in [3.05, 3.63) is 18.5 Å². The molecule has 1 aromatic heterocycles. The summed E-state index contributed by atoms with van der Waals surface area (Å²) in [6.07, 6.45) is 5.00. The van der Waals surface area contributed by atoms with E-state index in [1.807, 2.05) is 13.0 Å². The number of hydrogen-bond acceptors (Lipinski definition) is 4. The third-order valence-electron chi connectivity index (χ3n) is 2.98. The molecule has 0 fully saturated rings. The summed E-state index contributed by atoms with van der Waals surface area (Å²) >= 11 is 0. The SMILES string of the molecule is CCCCC(C)(NC(=O)n1cccn1)C(=O)CC#N. The van der Waals surface area contributed by atoms with Crippen LogP contribution in [0.4, 0.5) is 4.79 Å². The second kappa shape index (κ2) is 6.69. The summed E-state index contributed by atoms with van der Waals surface area (Å²) in [5, 5.41) is 15.1. The van der Waals surface area contributed by atoms with Crippen molar-refractivity contribution >= 4 is 11.8 Å². The first kappa shape index (κ1) is 14.9. The standard InChI is InChI=1S/C13H18N4O2/c1-3-4-7-13(2,11(18)6-8-14)16-12(19)17-10-5-9-15-17/h5,9-10H,3-4,6-7H2,1-2H3,(H,16,19). The number of hydrogen-bond donors (Lipinski definition) is 1. The van der Waals surface area contributed by atoms with Crippen molar-refractivity contribution in [2.24, 2.45) is 0 Å². The van der Waals surface area contributed by atoms with Crippen LogP contribution in [0.2, 0.25) is 0 Å². The lowest BCUT2D eigenvalue weighted by Crippen LogP contribution is -2.53. The number of carbonyl (C=O) groups is 2. The Balaban J connectivity index is 2.82. The van der Waals surface area contributed by atoms with E-state index in [2.05, 4.69) is 10.4 Å². The van der Waals surface area contributed by atoms with Crippen LogP contribution in [-0.2, 0) is 4.79 Å². The number of carbonyl (C=O) groups excluding carboxylic acids is 2. The first-order valence-corrected chi connectivity index (χ1v) is 6.26. The van der Waals surface area contributed by atoms with Gasteiger partial charge in [0.25, 0.3) is 0 Å². The summed E-state index contributed by atoms with van der Waals surface area (Å²) in [5.74, 6) is -0.274. The molecule has 6 nitrogen and oxygen atoms in total. The molecule has 1 N–H and O–H groups in total. The van der Waals surface area contributed by atoms with Gasteiger partial charge in [0, 0.05) is 12.4 Å². The highest BCUT2D eigenvalue weighted by atomic mass is 16.2. The lowest BCUT2D eigenvalue weighted by Gasteiger charge is -2.28. The zero-order valence-corrected chi connectivity index (χ0v) is 11.2. The van der Waals surface area contributed by atoms with Crippen molar-refractivity contribution in [3.8, 4) is 6.07 Å². The number of aromatic nitrogens is 2. The molecule has 102 valence electrons. The van der Waals surface area contributed by atoms with Gasteiger partial charge in [-0.25, -0.2) is 4.79 Å². The number of nitrogens with zero attached hydrogens (tertiary/aromatic N) is 3. The average molecular weight is 262 g/mol. The van der Waals surface area contributed by atoms with E-state index in [0.29, 0.717) is 6.42 Å². The first-order chi connectivity index (χ1) is 9.03. The Labute approximate surface area is 112 Å². The summed E-state index contributed by atoms with van der Waals surface area (Å²) < 4.78 is 1.13. The lowest BCUT2D eigenvalue weighted by molar-refractivity contribution is -0.123. The molecule has 0 aliphatic heterocycles. The molecule has 1 atom stereocenters. The molecule has 0 saturated carbocycles. The Morgan fingerprint density at radius 3 is 2.79 bits per heavy atom. The van der Waals surface area contributed by atoms with Crippen LogP contribution < -0.4 is 5.32 Å². The van der Waals surface area contributed by atoms with Crippen LogP contribution in [0.15, 0.2) is 18.5 Å². The zero-order chi connectivity index (χ0) is 14.3. The van der Waals surface area contributed by atoms with E-state index in [1.165, 1.54) is 12.4 Å². The average Bonchev–Trinajstić information content (AvgIpc) is 2.90. The van der Waals surface area contributed by atoms with Gasteiger partial charge in [-0.2, -0.15) is 15.0 Å². The minimum Gasteiger partial charge on any atom is -0.324 e. The van der Waals surface area contributed by atoms with Crippen LogP contribution in [0, 0.1) is 11.3 Å². The topological polar surface area (TPSA) is 87.8 Å². The minimum absolute atomic E-state index is 0.209. The minimum atomic E-state index is -1.02. The van der Waals surface area contributed by atoms with Gasteiger partial charge in [-0.3, -0.25) is 4.79 Å². The molecule has 1 unspecified atom stereocenters. The Bertz CT molecular complexity index is 475. The molecule has 0 aliphatic rings. The largest absolute Gasteiger partial charge is 0.342 e. The summed E-state index contributed by atoms with van der Waals surface area (Å²) in [4.78, 5) is 24.0. The van der Waals surface area contributed by atoms with Crippen LogP contribution in [0.25, 0.3) is 0 Å². The summed E-state index contributed by atoms with van der Waals surface area (Å²) in [6.45, 7) is 3.66. The molecule has 1 amide bonds. The molecule has 6 heteroatoms. The number of nitrogens with one attached hydrogen (secondary N) is 1. The van der Waals surface area contributed by atoms with Gasteiger partial charge in [-0.15, -0.1) is 0 Å². The Kier molecular flexibility index (Phi) is 5.24. The molecule has 0 spiro atoms. The Morgan fingerprint density at radius 1 is 1.53 bits per heavy atom. The van der Waals surface area contributed by atoms with Crippen LogP contribution in [-0.4, -0.2) is 27.1 Å². The van der Waals surface area contributed by atoms with Crippen molar-refractivity contribution < 1.29 is 9.59 Å². The predicted molar refractivity (Wildman–Crippen MR) is 69.3 cm³/mol. The van der Waals surface area contributed by atoms with Crippen molar-refractivity contribution in [2.45, 2.75) is 45.1 Å². The van der Waals surface area contributed by atoms with E-state index in [0.717, 1.165) is 17.5 Å². The van der Waals surface area contributed by atoms with Gasteiger partial charge < -0.3 is 5.32 Å². The maximum Gasteiger partial charge on any atom is 0.342 e. The molecule has 0 saturated heterocycles. The number of ketones is 1. The Hall–Kier alpha value is -2.16. The van der Waals surface area contributed by atoms with Crippen LogP contribution in [0.1, 0.15) is 39.5 Å². The van der Waals surface area contributed by atoms with E-state index < -0.39 is 11.6 Å². The normalized spacial score (nSPS) is 13.3. The fourth-order valence-electron chi connectivity index (χ4n) is 1.75. The van der Waals surface area contributed by atoms with Crippen molar-refractivity contribution in [1.29, 1.82) is 5.26 Å². The monoisotopic (exact) mass is 262 g/mol. The van der Waals surface area contributed by atoms with Gasteiger partial charge >= 0.3 is 6.03 Å². The van der Waals surface area contributed by atoms with Crippen molar-refractivity contribution in [3.63, 3.8) is 0 Å². The zero-order valence-electron chi connectivity index (χ0n) is 11.2. The van der Waals surface area contributed by atoms with Crippen LogP contribution >= 0.6 is 0 Å². The quantitative estimate of drug-likeness (QED) is 0.847. The predicted octanol–water partition coefficient (Wildman–Crippen LogP) is 1.87. The van der Waals surface area contributed by atoms with E-state index in [9.17, 15) is 9.59 Å². The lowest BCUT2D eigenvalue weighted by atomic mass is 9.88. The first-order valence-electron chi connectivity index (χ1n) is 6.26. The van der Waals surface area contributed by atoms with Gasteiger partial charge in [-0.1, -0.05) is 19.8 Å². The third kappa shape index (κ3) is 3.91. The summed E-state index contributed by atoms with van der Waals surface area (Å²) in [7, 11) is 0. The van der Waals surface area contributed by atoms with Gasteiger partial charge in [0.15, 0.2) is 5.78 Å². The number of Topliss-reactive ketones (excluding diaryl/α,β-unsaturated/α-hetero) is 1. The van der Waals surface area contributed by atoms with Crippen LogP contribution in [0.5, 0.6) is 0 Å². The number of unbranched alkanes of at least 4 members (excludes halogenated alkanes) is 1. The van der Waals surface area contributed by atoms with Gasteiger partial charge in [-0.05, 0) is 19.4 Å². The summed E-state index contributed by atoms with van der Waals surface area (Å²) in [5.41, 5.74) is -1.02. The fraction of sp³-hybridized carbons (Fsp3) is 0.538. The highest BCUT2D eigenvalue weighted by Crippen LogP contribution is 2.17. The third-order valence-corrected chi connectivity index (χ3v) is 2.98. The highest BCUT2D eigenvalue weighted by Gasteiger charge is 2.34. The van der Waals surface area contributed by atoms with Crippen molar-refractivity contribution in [2.75, 3.05) is 0 Å². The molecule has 0 radical (unpaired) electrons. The van der Waals surface area contributed by atoms with Gasteiger partial charge in [0.1, 0.15) is 0 Å².